The van der Waals surface area contributed by atoms with Crippen molar-refractivity contribution in [3.63, 3.8) is 0 Å². The molecule has 0 aliphatic rings. The lowest BCUT2D eigenvalue weighted by Crippen LogP contribution is -2.13. The van der Waals surface area contributed by atoms with Crippen LogP contribution in [0.4, 0.5) is 21.8 Å². The SMILES string of the molecule is NC(=O)c1ccccc1Nc1ncc(Cl)c(NCc2cccc(F)c2)n1. The number of benzene rings is 2. The molecule has 1 amide bonds. The van der Waals surface area contributed by atoms with Crippen LogP contribution in [0, 0.1) is 5.82 Å². The quantitative estimate of drug-likeness (QED) is 0.614. The highest BCUT2D eigenvalue weighted by Gasteiger charge is 2.10. The molecule has 0 spiro atoms. The summed E-state index contributed by atoms with van der Waals surface area (Å²) in [4.78, 5) is 19.9. The number of hydrogen-bond donors (Lipinski definition) is 3. The van der Waals surface area contributed by atoms with Gasteiger partial charge in [0.25, 0.3) is 5.91 Å². The summed E-state index contributed by atoms with van der Waals surface area (Å²) in [6.45, 7) is 0.339. The van der Waals surface area contributed by atoms with Gasteiger partial charge in [-0.25, -0.2) is 9.37 Å². The highest BCUT2D eigenvalue weighted by Crippen LogP contribution is 2.23. The zero-order chi connectivity index (χ0) is 18.5. The van der Waals surface area contributed by atoms with E-state index in [1.54, 1.807) is 36.4 Å². The van der Waals surface area contributed by atoms with Crippen molar-refractivity contribution in [2.45, 2.75) is 6.54 Å². The minimum Gasteiger partial charge on any atom is -0.366 e. The molecule has 0 atom stereocenters. The summed E-state index contributed by atoms with van der Waals surface area (Å²) >= 11 is 6.11. The van der Waals surface area contributed by atoms with Crippen molar-refractivity contribution in [1.29, 1.82) is 0 Å². The molecule has 0 bridgehead atoms. The summed E-state index contributed by atoms with van der Waals surface area (Å²) < 4.78 is 13.3. The predicted molar refractivity (Wildman–Crippen MR) is 99.0 cm³/mol. The number of para-hydroxylation sites is 1. The molecule has 0 aliphatic carbocycles. The van der Waals surface area contributed by atoms with E-state index in [2.05, 4.69) is 20.6 Å². The average molecular weight is 372 g/mol. The Bertz CT molecular complexity index is 950. The number of hydrogen-bond acceptors (Lipinski definition) is 5. The lowest BCUT2D eigenvalue weighted by atomic mass is 10.1. The van der Waals surface area contributed by atoms with Crippen molar-refractivity contribution in [3.8, 4) is 0 Å². The van der Waals surface area contributed by atoms with Crippen LogP contribution in [0.15, 0.2) is 54.7 Å². The lowest BCUT2D eigenvalue weighted by molar-refractivity contribution is 0.100. The van der Waals surface area contributed by atoms with Crippen molar-refractivity contribution in [2.24, 2.45) is 5.73 Å². The van der Waals surface area contributed by atoms with E-state index < -0.39 is 5.91 Å². The van der Waals surface area contributed by atoms with Crippen molar-refractivity contribution < 1.29 is 9.18 Å². The maximum absolute atomic E-state index is 13.3. The summed E-state index contributed by atoms with van der Waals surface area (Å²) in [5.41, 5.74) is 6.91. The van der Waals surface area contributed by atoms with Gasteiger partial charge < -0.3 is 16.4 Å². The van der Waals surface area contributed by atoms with Gasteiger partial charge in [0.1, 0.15) is 10.8 Å². The number of nitrogens with two attached hydrogens (primary N) is 1. The number of nitrogens with zero attached hydrogens (tertiary/aromatic N) is 2. The summed E-state index contributed by atoms with van der Waals surface area (Å²) in [6, 6.07) is 13.0. The van der Waals surface area contributed by atoms with Crippen LogP contribution in [0.1, 0.15) is 15.9 Å². The van der Waals surface area contributed by atoms with Gasteiger partial charge in [-0.3, -0.25) is 4.79 Å². The summed E-state index contributed by atoms with van der Waals surface area (Å²) in [5, 5.41) is 6.30. The topological polar surface area (TPSA) is 92.9 Å². The van der Waals surface area contributed by atoms with Gasteiger partial charge in [0.15, 0.2) is 5.82 Å². The van der Waals surface area contributed by atoms with Crippen LogP contribution in [0.3, 0.4) is 0 Å². The number of amides is 1. The number of primary amides is 1. The maximum Gasteiger partial charge on any atom is 0.250 e. The Morgan fingerprint density at radius 3 is 2.77 bits per heavy atom. The Morgan fingerprint density at radius 1 is 1.19 bits per heavy atom. The molecule has 6 nitrogen and oxygen atoms in total. The number of carbonyl (C=O) groups is 1. The number of carbonyl (C=O) groups excluding carboxylic acids is 1. The summed E-state index contributed by atoms with van der Waals surface area (Å²) in [5.74, 6) is -0.259. The normalized spacial score (nSPS) is 10.4. The molecule has 0 fully saturated rings. The van der Waals surface area contributed by atoms with E-state index in [0.29, 0.717) is 28.6 Å². The van der Waals surface area contributed by atoms with Crippen molar-refractivity contribution in [1.82, 2.24) is 9.97 Å². The van der Waals surface area contributed by atoms with Crippen LogP contribution in [-0.2, 0) is 6.54 Å². The van der Waals surface area contributed by atoms with Crippen molar-refractivity contribution >= 4 is 35.0 Å². The van der Waals surface area contributed by atoms with Gasteiger partial charge in [0.05, 0.1) is 17.4 Å². The molecule has 8 heteroatoms. The smallest absolute Gasteiger partial charge is 0.250 e. The van der Waals surface area contributed by atoms with E-state index in [9.17, 15) is 9.18 Å². The largest absolute Gasteiger partial charge is 0.366 e. The fourth-order valence-electron chi connectivity index (χ4n) is 2.31. The van der Waals surface area contributed by atoms with E-state index in [1.165, 1.54) is 18.3 Å². The zero-order valence-corrected chi connectivity index (χ0v) is 14.3. The molecule has 3 rings (SSSR count). The van der Waals surface area contributed by atoms with Gasteiger partial charge in [0, 0.05) is 6.54 Å². The summed E-state index contributed by atoms with van der Waals surface area (Å²) in [6.07, 6.45) is 1.43. The fraction of sp³-hybridized carbons (Fsp3) is 0.0556. The van der Waals surface area contributed by atoms with E-state index in [0.717, 1.165) is 5.56 Å². The van der Waals surface area contributed by atoms with Gasteiger partial charge in [-0.05, 0) is 29.8 Å². The first kappa shape index (κ1) is 17.6. The first-order valence-electron chi connectivity index (χ1n) is 7.69. The Morgan fingerprint density at radius 2 is 2.00 bits per heavy atom. The van der Waals surface area contributed by atoms with Crippen LogP contribution in [0.25, 0.3) is 0 Å². The van der Waals surface area contributed by atoms with Gasteiger partial charge in [0.2, 0.25) is 5.95 Å². The Balaban J connectivity index is 1.79. The Labute approximate surface area is 154 Å². The minimum absolute atomic E-state index is 0.241. The van der Waals surface area contributed by atoms with Crippen LogP contribution in [0.5, 0.6) is 0 Å². The van der Waals surface area contributed by atoms with Crippen molar-refractivity contribution in [2.75, 3.05) is 10.6 Å². The number of anilines is 3. The molecule has 132 valence electrons. The number of rotatable bonds is 6. The molecular formula is C18H15ClFN5O. The highest BCUT2D eigenvalue weighted by molar-refractivity contribution is 6.32. The maximum atomic E-state index is 13.3. The fourth-order valence-corrected chi connectivity index (χ4v) is 2.47. The monoisotopic (exact) mass is 371 g/mol. The van der Waals surface area contributed by atoms with Crippen LogP contribution in [0.2, 0.25) is 5.02 Å². The van der Waals surface area contributed by atoms with Gasteiger partial charge >= 0.3 is 0 Å². The van der Waals surface area contributed by atoms with E-state index in [1.807, 2.05) is 0 Å². The molecule has 2 aromatic carbocycles. The molecule has 26 heavy (non-hydrogen) atoms. The number of nitrogens with one attached hydrogen (secondary N) is 2. The molecule has 1 aromatic heterocycles. The first-order chi connectivity index (χ1) is 12.5. The molecule has 1 heterocycles. The van der Waals surface area contributed by atoms with Gasteiger partial charge in [-0.2, -0.15) is 4.98 Å². The molecule has 0 saturated heterocycles. The number of halogens is 2. The van der Waals surface area contributed by atoms with E-state index in [-0.39, 0.29) is 11.8 Å². The van der Waals surface area contributed by atoms with Crippen LogP contribution < -0.4 is 16.4 Å². The Hall–Kier alpha value is -3.19. The Kier molecular flexibility index (Phi) is 5.28. The molecule has 0 unspecified atom stereocenters. The van der Waals surface area contributed by atoms with Gasteiger partial charge in [-0.15, -0.1) is 0 Å². The average Bonchev–Trinajstić information content (AvgIpc) is 2.62. The predicted octanol–water partition coefficient (Wildman–Crippen LogP) is 3.72. The second-order valence-corrected chi connectivity index (χ2v) is 5.82. The zero-order valence-electron chi connectivity index (χ0n) is 13.5. The molecule has 0 radical (unpaired) electrons. The van der Waals surface area contributed by atoms with Gasteiger partial charge in [-0.1, -0.05) is 35.9 Å². The van der Waals surface area contributed by atoms with Crippen LogP contribution >= 0.6 is 11.6 Å². The van der Waals surface area contributed by atoms with E-state index >= 15 is 0 Å². The third kappa shape index (κ3) is 4.25. The number of aromatic nitrogens is 2. The molecule has 3 aromatic rings. The first-order valence-corrected chi connectivity index (χ1v) is 8.07. The minimum atomic E-state index is -0.563. The van der Waals surface area contributed by atoms with E-state index in [4.69, 9.17) is 17.3 Å². The second-order valence-electron chi connectivity index (χ2n) is 5.41. The molecule has 0 saturated carbocycles. The third-order valence-electron chi connectivity index (χ3n) is 3.53. The van der Waals surface area contributed by atoms with Crippen LogP contribution in [-0.4, -0.2) is 15.9 Å². The third-order valence-corrected chi connectivity index (χ3v) is 3.81. The standard InChI is InChI=1S/C18H15ClFN5O/c19-14-10-23-18(24-15-7-2-1-6-13(15)16(21)26)25-17(14)22-9-11-4-3-5-12(20)8-11/h1-8,10H,9H2,(H2,21,26)(H2,22,23,24,25). The highest BCUT2D eigenvalue weighted by atomic mass is 35.5. The summed E-state index contributed by atoms with van der Waals surface area (Å²) in [7, 11) is 0. The molecular weight excluding hydrogens is 357 g/mol. The van der Waals surface area contributed by atoms with Crippen molar-refractivity contribution in [3.05, 3.63) is 76.7 Å². The lowest BCUT2D eigenvalue weighted by Gasteiger charge is -2.11. The molecule has 0 aliphatic heterocycles. The molecule has 4 N–H and O–H groups in total. The second kappa shape index (κ2) is 7.79.